The molecule has 1 aliphatic rings. The molecule has 1 saturated heterocycles. The van der Waals surface area contributed by atoms with Crippen LogP contribution in [-0.4, -0.2) is 48.2 Å². The molecule has 0 radical (unpaired) electrons. The molecule has 0 unspecified atom stereocenters. The summed E-state index contributed by atoms with van der Waals surface area (Å²) in [6.45, 7) is 12.1. The van der Waals surface area contributed by atoms with E-state index in [1.165, 1.54) is 0 Å². The van der Waals surface area contributed by atoms with Gasteiger partial charge in [-0.25, -0.2) is 4.79 Å². The van der Waals surface area contributed by atoms with Crippen LogP contribution in [-0.2, 0) is 9.47 Å². The first-order chi connectivity index (χ1) is 10.8. The number of alkyl carbamates (subject to hydrolysis) is 1. The van der Waals surface area contributed by atoms with Gasteiger partial charge in [-0.05, 0) is 26.7 Å². The first-order valence-electron chi connectivity index (χ1n) is 7.92. The molecular formula is C15H26N4O4. The number of amides is 1. The van der Waals surface area contributed by atoms with Gasteiger partial charge in [-0.3, -0.25) is 0 Å². The van der Waals surface area contributed by atoms with E-state index in [0.717, 1.165) is 0 Å². The summed E-state index contributed by atoms with van der Waals surface area (Å²) in [5.41, 5.74) is -0.556. The zero-order valence-electron chi connectivity index (χ0n) is 14.5. The molecule has 1 aliphatic heterocycles. The molecule has 23 heavy (non-hydrogen) atoms. The minimum absolute atomic E-state index is 0.0838. The molecule has 0 aromatic carbocycles. The molecule has 0 aliphatic carbocycles. The number of anilines is 1. The lowest BCUT2D eigenvalue weighted by atomic mass is 10.1. The summed E-state index contributed by atoms with van der Waals surface area (Å²) in [6, 6.07) is 0.0621. The Balaban J connectivity index is 2.06. The molecule has 130 valence electrons. The monoisotopic (exact) mass is 326 g/mol. The highest BCUT2D eigenvalue weighted by Crippen LogP contribution is 2.24. The van der Waals surface area contributed by atoms with Crippen LogP contribution in [0.1, 0.15) is 46.6 Å². The standard InChI is InChI=1S/C15H26N4O4/c1-10(2)11(16-14(20)23-15(3,4)5)12-17-18-13(22-12)19-6-8-21-9-7-19/h10-11H,6-9H2,1-5H3,(H,16,20)/t11-/m0/s1. The highest BCUT2D eigenvalue weighted by molar-refractivity contribution is 5.68. The van der Waals surface area contributed by atoms with Crippen LogP contribution in [0.2, 0.25) is 0 Å². The van der Waals surface area contributed by atoms with Gasteiger partial charge in [0.25, 0.3) is 0 Å². The Bertz CT molecular complexity index is 518. The lowest BCUT2D eigenvalue weighted by Gasteiger charge is -2.25. The number of ether oxygens (including phenoxy) is 2. The number of nitrogens with one attached hydrogen (secondary N) is 1. The number of aromatic nitrogens is 2. The zero-order valence-corrected chi connectivity index (χ0v) is 14.5. The molecule has 2 heterocycles. The van der Waals surface area contributed by atoms with Crippen molar-refractivity contribution in [3.05, 3.63) is 5.89 Å². The van der Waals surface area contributed by atoms with E-state index in [0.29, 0.717) is 38.2 Å². The smallest absolute Gasteiger partial charge is 0.408 e. The van der Waals surface area contributed by atoms with Crippen molar-refractivity contribution in [2.75, 3.05) is 31.2 Å². The first kappa shape index (κ1) is 17.5. The number of carbonyl (C=O) groups excluding carboxylic acids is 1. The van der Waals surface area contributed by atoms with Crippen molar-refractivity contribution in [3.63, 3.8) is 0 Å². The van der Waals surface area contributed by atoms with Gasteiger partial charge in [0, 0.05) is 13.1 Å². The first-order valence-corrected chi connectivity index (χ1v) is 7.92. The summed E-state index contributed by atoms with van der Waals surface area (Å²) in [7, 11) is 0. The molecule has 1 amide bonds. The van der Waals surface area contributed by atoms with E-state index in [9.17, 15) is 4.79 Å². The second-order valence-corrected chi connectivity index (χ2v) is 6.89. The minimum atomic E-state index is -0.556. The van der Waals surface area contributed by atoms with Crippen molar-refractivity contribution in [2.45, 2.75) is 46.3 Å². The van der Waals surface area contributed by atoms with Crippen molar-refractivity contribution in [3.8, 4) is 0 Å². The van der Waals surface area contributed by atoms with Gasteiger partial charge in [0.15, 0.2) is 0 Å². The zero-order chi connectivity index (χ0) is 17.0. The number of nitrogens with zero attached hydrogens (tertiary/aromatic N) is 3. The Morgan fingerprint density at radius 3 is 2.48 bits per heavy atom. The highest BCUT2D eigenvalue weighted by atomic mass is 16.6. The molecule has 8 heteroatoms. The molecular weight excluding hydrogens is 300 g/mol. The fourth-order valence-electron chi connectivity index (χ4n) is 2.18. The van der Waals surface area contributed by atoms with Gasteiger partial charge in [-0.15, -0.1) is 5.10 Å². The topological polar surface area (TPSA) is 89.7 Å². The number of rotatable bonds is 4. The molecule has 1 N–H and O–H groups in total. The maximum absolute atomic E-state index is 12.0. The van der Waals surface area contributed by atoms with Gasteiger partial charge < -0.3 is 24.1 Å². The van der Waals surface area contributed by atoms with Gasteiger partial charge in [-0.2, -0.15) is 0 Å². The summed E-state index contributed by atoms with van der Waals surface area (Å²) in [6.07, 6.45) is -0.498. The van der Waals surface area contributed by atoms with Crippen molar-refractivity contribution >= 4 is 12.1 Å². The number of hydrogen-bond acceptors (Lipinski definition) is 7. The van der Waals surface area contributed by atoms with Crippen molar-refractivity contribution in [1.29, 1.82) is 0 Å². The molecule has 0 saturated carbocycles. The average molecular weight is 326 g/mol. The van der Waals surface area contributed by atoms with E-state index >= 15 is 0 Å². The maximum Gasteiger partial charge on any atom is 0.408 e. The van der Waals surface area contributed by atoms with Gasteiger partial charge >= 0.3 is 12.1 Å². The van der Waals surface area contributed by atoms with E-state index in [2.05, 4.69) is 15.5 Å². The predicted octanol–water partition coefficient (Wildman–Crippen LogP) is 2.13. The SMILES string of the molecule is CC(C)[C@H](NC(=O)OC(C)(C)C)c1nnc(N2CCOCC2)o1. The third-order valence-corrected chi connectivity index (χ3v) is 3.32. The Labute approximate surface area is 136 Å². The second kappa shape index (κ2) is 7.16. The Hall–Kier alpha value is -1.83. The van der Waals surface area contributed by atoms with Gasteiger partial charge in [0.2, 0.25) is 5.89 Å². The third kappa shape index (κ3) is 5.09. The molecule has 0 spiro atoms. The summed E-state index contributed by atoms with van der Waals surface area (Å²) < 4.78 is 16.4. The predicted molar refractivity (Wildman–Crippen MR) is 84.3 cm³/mol. The van der Waals surface area contributed by atoms with Crippen molar-refractivity contribution in [2.24, 2.45) is 5.92 Å². The average Bonchev–Trinajstić information content (AvgIpc) is 2.93. The van der Waals surface area contributed by atoms with Crippen LogP contribution >= 0.6 is 0 Å². The third-order valence-electron chi connectivity index (χ3n) is 3.32. The number of morpholine rings is 1. The van der Waals surface area contributed by atoms with Gasteiger partial charge in [-0.1, -0.05) is 18.9 Å². The minimum Gasteiger partial charge on any atom is -0.444 e. The largest absolute Gasteiger partial charge is 0.444 e. The Morgan fingerprint density at radius 1 is 1.26 bits per heavy atom. The fourth-order valence-corrected chi connectivity index (χ4v) is 2.18. The summed E-state index contributed by atoms with van der Waals surface area (Å²) in [5.74, 6) is 0.466. The lowest BCUT2D eigenvalue weighted by molar-refractivity contribution is 0.0479. The quantitative estimate of drug-likeness (QED) is 0.906. The van der Waals surface area contributed by atoms with Gasteiger partial charge in [0.05, 0.1) is 13.2 Å². The van der Waals surface area contributed by atoms with Crippen LogP contribution in [0.4, 0.5) is 10.8 Å². The maximum atomic E-state index is 12.0. The molecule has 2 rings (SSSR count). The highest BCUT2D eigenvalue weighted by Gasteiger charge is 2.28. The summed E-state index contributed by atoms with van der Waals surface area (Å²) in [5, 5.41) is 11.0. The number of hydrogen-bond donors (Lipinski definition) is 1. The lowest BCUT2D eigenvalue weighted by Crippen LogP contribution is -2.37. The molecule has 1 atom stereocenters. The Morgan fingerprint density at radius 2 is 1.91 bits per heavy atom. The van der Waals surface area contributed by atoms with E-state index < -0.39 is 17.7 Å². The Kier molecular flexibility index (Phi) is 5.46. The summed E-state index contributed by atoms with van der Waals surface area (Å²) >= 11 is 0. The van der Waals surface area contributed by atoms with Crippen LogP contribution in [0.25, 0.3) is 0 Å². The van der Waals surface area contributed by atoms with Crippen LogP contribution in [0, 0.1) is 5.92 Å². The molecule has 1 aromatic heterocycles. The molecule has 1 aromatic rings. The van der Waals surface area contributed by atoms with Crippen molar-refractivity contribution < 1.29 is 18.7 Å². The van der Waals surface area contributed by atoms with Crippen LogP contribution in [0.15, 0.2) is 4.42 Å². The van der Waals surface area contributed by atoms with E-state index in [1.807, 2.05) is 39.5 Å². The second-order valence-electron chi connectivity index (χ2n) is 6.89. The van der Waals surface area contributed by atoms with E-state index in [-0.39, 0.29) is 5.92 Å². The molecule has 1 fully saturated rings. The van der Waals surface area contributed by atoms with Crippen molar-refractivity contribution in [1.82, 2.24) is 15.5 Å². The normalized spacial score (nSPS) is 17.2. The summed E-state index contributed by atoms with van der Waals surface area (Å²) in [4.78, 5) is 14.0. The van der Waals surface area contributed by atoms with E-state index in [4.69, 9.17) is 13.9 Å². The van der Waals surface area contributed by atoms with Crippen LogP contribution < -0.4 is 10.2 Å². The van der Waals surface area contributed by atoms with Gasteiger partial charge in [0.1, 0.15) is 11.6 Å². The van der Waals surface area contributed by atoms with E-state index in [1.54, 1.807) is 0 Å². The molecule has 8 nitrogen and oxygen atoms in total. The number of carbonyl (C=O) groups is 1. The van der Waals surface area contributed by atoms with Crippen LogP contribution in [0.3, 0.4) is 0 Å². The van der Waals surface area contributed by atoms with Crippen LogP contribution in [0.5, 0.6) is 0 Å². The molecule has 0 bridgehead atoms. The fraction of sp³-hybridized carbons (Fsp3) is 0.800.